The Kier molecular flexibility index (Phi) is 5.17. The summed E-state index contributed by atoms with van der Waals surface area (Å²) in [4.78, 5) is 16.8. The van der Waals surface area contributed by atoms with Crippen LogP contribution in [0.5, 0.6) is 0 Å². The number of nitrogens with zero attached hydrogens (tertiary/aromatic N) is 3. The van der Waals surface area contributed by atoms with Crippen molar-refractivity contribution in [3.8, 4) is 5.69 Å². The van der Waals surface area contributed by atoms with Gasteiger partial charge in [0.25, 0.3) is 0 Å². The number of carbonyl (C=O) groups is 1. The van der Waals surface area contributed by atoms with Gasteiger partial charge in [0, 0.05) is 16.1 Å². The number of fused-ring (bicyclic) bond motifs is 3. The molecule has 0 unspecified atom stereocenters. The fraction of sp³-hybridized carbons (Fsp3) is 0.143. The summed E-state index contributed by atoms with van der Waals surface area (Å²) in [6.07, 6.45) is 0.0173. The lowest BCUT2D eigenvalue weighted by atomic mass is 10.00. The van der Waals surface area contributed by atoms with Crippen LogP contribution in [-0.4, -0.2) is 33.6 Å². The highest BCUT2D eigenvalue weighted by Crippen LogP contribution is 2.35. The van der Waals surface area contributed by atoms with Gasteiger partial charge in [0.05, 0.1) is 24.9 Å². The highest BCUT2D eigenvalue weighted by molar-refractivity contribution is 7.71. The van der Waals surface area contributed by atoms with Crippen LogP contribution < -0.4 is 0 Å². The summed E-state index contributed by atoms with van der Waals surface area (Å²) in [6, 6.07) is 14.7. The topological polar surface area (TPSA) is 72.3 Å². The van der Waals surface area contributed by atoms with Crippen molar-refractivity contribution in [1.29, 1.82) is 0 Å². The third-order valence-corrected chi connectivity index (χ3v) is 5.20. The van der Waals surface area contributed by atoms with Gasteiger partial charge < -0.3 is 4.74 Å². The number of hydrogen-bond donors (Lipinski definition) is 1. The fourth-order valence-electron chi connectivity index (χ4n) is 3.33. The number of aromatic nitrogens is 3. The first kappa shape index (κ1) is 19.3. The summed E-state index contributed by atoms with van der Waals surface area (Å²) in [5.41, 5.74) is 3.81. The molecule has 0 amide bonds. The van der Waals surface area contributed by atoms with Crippen molar-refractivity contribution >= 4 is 35.5 Å². The summed E-state index contributed by atoms with van der Waals surface area (Å²) in [5, 5.41) is 7.80. The molecule has 0 fully saturated rings. The van der Waals surface area contributed by atoms with Crippen LogP contribution in [0, 0.1) is 4.77 Å². The second kappa shape index (κ2) is 7.77. The quantitative estimate of drug-likeness (QED) is 0.377. The normalized spacial score (nSPS) is 15.0. The van der Waals surface area contributed by atoms with Crippen molar-refractivity contribution < 1.29 is 9.53 Å². The van der Waals surface area contributed by atoms with Crippen molar-refractivity contribution in [3.63, 3.8) is 0 Å². The van der Waals surface area contributed by atoms with Gasteiger partial charge in [-0.2, -0.15) is 5.10 Å². The molecule has 0 saturated carbocycles. The molecule has 2 aromatic carbocycles. The molecule has 1 atom stereocenters. The molecule has 0 aliphatic carbocycles. The predicted octanol–water partition coefficient (Wildman–Crippen LogP) is 4.59. The van der Waals surface area contributed by atoms with Crippen LogP contribution in [0.3, 0.4) is 0 Å². The van der Waals surface area contributed by atoms with Gasteiger partial charge in [-0.25, -0.2) is 0 Å². The first-order valence-electron chi connectivity index (χ1n) is 8.85. The number of hydrogen-bond acceptors (Lipinski definition) is 5. The molecule has 6 nitrogen and oxygen atoms in total. The Labute approximate surface area is 177 Å². The van der Waals surface area contributed by atoms with Crippen LogP contribution in [0.4, 0.5) is 0 Å². The van der Waals surface area contributed by atoms with Crippen molar-refractivity contribution in [1.82, 2.24) is 14.8 Å². The number of aliphatic imine (C=N–C) groups is 1. The van der Waals surface area contributed by atoms with Crippen molar-refractivity contribution in [2.45, 2.75) is 12.5 Å². The molecule has 0 saturated heterocycles. The number of H-pyrrole nitrogens is 1. The number of aromatic amines is 1. The number of rotatable bonds is 4. The number of carbonyl (C=O) groups excluding carboxylic acids is 1. The number of benzene rings is 2. The van der Waals surface area contributed by atoms with E-state index < -0.39 is 12.0 Å². The molecule has 1 aliphatic rings. The molecule has 146 valence electrons. The Bertz CT molecular complexity index is 1200. The Balaban J connectivity index is 2.00. The van der Waals surface area contributed by atoms with Gasteiger partial charge in [-0.1, -0.05) is 48.5 Å². The van der Waals surface area contributed by atoms with E-state index in [2.05, 4.69) is 16.8 Å². The molecular formula is C21H17ClN4O2S. The van der Waals surface area contributed by atoms with Crippen molar-refractivity contribution in [3.05, 3.63) is 87.4 Å². The highest BCUT2D eigenvalue weighted by atomic mass is 35.5. The van der Waals surface area contributed by atoms with Crippen LogP contribution in [0.1, 0.15) is 29.4 Å². The average molecular weight is 425 g/mol. The van der Waals surface area contributed by atoms with Crippen molar-refractivity contribution in [2.24, 2.45) is 4.99 Å². The van der Waals surface area contributed by atoms with Gasteiger partial charge in [-0.05, 0) is 36.0 Å². The molecule has 2 heterocycles. The zero-order valence-electron chi connectivity index (χ0n) is 15.6. The second-order valence-corrected chi connectivity index (χ2v) is 7.36. The predicted molar refractivity (Wildman–Crippen MR) is 114 cm³/mol. The Morgan fingerprint density at radius 2 is 2.07 bits per heavy atom. The van der Waals surface area contributed by atoms with Gasteiger partial charge in [0.1, 0.15) is 6.04 Å². The van der Waals surface area contributed by atoms with E-state index in [0.29, 0.717) is 21.2 Å². The summed E-state index contributed by atoms with van der Waals surface area (Å²) < 4.78 is 7.04. The van der Waals surface area contributed by atoms with Crippen LogP contribution in [0.2, 0.25) is 5.02 Å². The maximum atomic E-state index is 11.9. The van der Waals surface area contributed by atoms with Crippen LogP contribution in [0.15, 0.2) is 65.7 Å². The number of nitrogens with one attached hydrogen (secondary N) is 1. The van der Waals surface area contributed by atoms with E-state index in [1.165, 1.54) is 7.11 Å². The van der Waals surface area contributed by atoms with E-state index in [1.54, 1.807) is 6.07 Å². The van der Waals surface area contributed by atoms with E-state index in [1.807, 2.05) is 47.0 Å². The first-order chi connectivity index (χ1) is 14.0. The molecule has 0 radical (unpaired) electrons. The third-order valence-electron chi connectivity index (χ3n) is 4.69. The molecule has 1 N–H and O–H groups in total. The SMILES string of the molecule is C=C(CC(=O)OC)[C@@H]1N=C(c2ccccc2)c2cc(Cl)ccc2-n2c1n[nH]c2=S. The lowest BCUT2D eigenvalue weighted by Crippen LogP contribution is -2.11. The Morgan fingerprint density at radius 3 is 2.79 bits per heavy atom. The molecule has 29 heavy (non-hydrogen) atoms. The first-order valence-corrected chi connectivity index (χ1v) is 9.63. The molecule has 0 spiro atoms. The minimum Gasteiger partial charge on any atom is -0.469 e. The van der Waals surface area contributed by atoms with Gasteiger partial charge in [0.2, 0.25) is 0 Å². The minimum absolute atomic E-state index is 0.0173. The molecule has 3 aromatic rings. The maximum absolute atomic E-state index is 11.9. The zero-order valence-corrected chi connectivity index (χ0v) is 17.1. The number of esters is 1. The highest BCUT2D eigenvalue weighted by Gasteiger charge is 2.29. The fourth-order valence-corrected chi connectivity index (χ4v) is 3.74. The molecule has 1 aliphatic heterocycles. The van der Waals surface area contributed by atoms with Crippen LogP contribution in [0.25, 0.3) is 5.69 Å². The van der Waals surface area contributed by atoms with Gasteiger partial charge in [0.15, 0.2) is 10.6 Å². The van der Waals surface area contributed by atoms with Crippen LogP contribution in [-0.2, 0) is 9.53 Å². The summed E-state index contributed by atoms with van der Waals surface area (Å²) in [5.74, 6) is 0.162. The standard InChI is InChI=1S/C21H17ClN4O2S/c1-12(10-17(27)28-2)18-20-24-25-21(29)26(20)16-9-8-14(22)11-15(16)19(23-18)13-6-4-3-5-7-13/h3-9,11,18H,1,10H2,2H3,(H,25,29)/t18-/m0/s1. The maximum Gasteiger partial charge on any atom is 0.309 e. The van der Waals surface area contributed by atoms with E-state index in [4.69, 9.17) is 33.5 Å². The van der Waals surface area contributed by atoms with Crippen LogP contribution >= 0.6 is 23.8 Å². The van der Waals surface area contributed by atoms with Gasteiger partial charge in [-0.3, -0.25) is 19.5 Å². The van der Waals surface area contributed by atoms with Gasteiger partial charge in [-0.15, -0.1) is 0 Å². The third kappa shape index (κ3) is 3.54. The van der Waals surface area contributed by atoms with E-state index in [-0.39, 0.29) is 6.42 Å². The molecule has 0 bridgehead atoms. The summed E-state index contributed by atoms with van der Waals surface area (Å²) in [7, 11) is 1.34. The van der Waals surface area contributed by atoms with E-state index >= 15 is 0 Å². The van der Waals surface area contributed by atoms with E-state index in [9.17, 15) is 4.79 Å². The minimum atomic E-state index is -0.594. The molecule has 4 rings (SSSR count). The smallest absolute Gasteiger partial charge is 0.309 e. The molecular weight excluding hydrogens is 408 g/mol. The Morgan fingerprint density at radius 1 is 1.31 bits per heavy atom. The second-order valence-electron chi connectivity index (χ2n) is 6.54. The largest absolute Gasteiger partial charge is 0.469 e. The van der Waals surface area contributed by atoms with E-state index in [0.717, 1.165) is 22.5 Å². The lowest BCUT2D eigenvalue weighted by Gasteiger charge is -2.14. The molecule has 8 heteroatoms. The Hall–Kier alpha value is -3.03. The number of halogens is 1. The molecule has 1 aromatic heterocycles. The summed E-state index contributed by atoms with van der Waals surface area (Å²) in [6.45, 7) is 4.09. The average Bonchev–Trinajstić information content (AvgIpc) is 3.03. The van der Waals surface area contributed by atoms with Gasteiger partial charge >= 0.3 is 5.97 Å². The number of methoxy groups -OCH3 is 1. The van der Waals surface area contributed by atoms with Crippen molar-refractivity contribution in [2.75, 3.05) is 7.11 Å². The zero-order chi connectivity index (χ0) is 20.5. The number of ether oxygens (including phenoxy) is 1. The summed E-state index contributed by atoms with van der Waals surface area (Å²) >= 11 is 11.8. The monoisotopic (exact) mass is 424 g/mol. The lowest BCUT2D eigenvalue weighted by molar-refractivity contribution is -0.139.